The van der Waals surface area contributed by atoms with Crippen molar-refractivity contribution in [1.82, 2.24) is 5.32 Å². The van der Waals surface area contributed by atoms with Crippen LogP contribution in [0.25, 0.3) is 0 Å². The number of ether oxygens (including phenoxy) is 2. The molecule has 0 saturated carbocycles. The molecule has 0 bridgehead atoms. The Morgan fingerprint density at radius 2 is 1.52 bits per heavy atom. The maximum atomic E-state index is 12.0. The second kappa shape index (κ2) is 11.2. The zero-order valence-corrected chi connectivity index (χ0v) is 25.3. The number of carboxylic acids is 1. The lowest BCUT2D eigenvalue weighted by Crippen LogP contribution is -2.44. The summed E-state index contributed by atoms with van der Waals surface area (Å²) in [6.45, 7) is 5.13. The van der Waals surface area contributed by atoms with Gasteiger partial charge >= 0.3 is 12.1 Å². The molecule has 0 aliphatic rings. The van der Waals surface area contributed by atoms with Gasteiger partial charge in [-0.25, -0.2) is 9.59 Å². The molecule has 2 rings (SSSR count). The van der Waals surface area contributed by atoms with E-state index >= 15 is 0 Å². The van der Waals surface area contributed by atoms with E-state index in [0.717, 1.165) is 12.7 Å². The fourth-order valence-electron chi connectivity index (χ4n) is 2.43. The van der Waals surface area contributed by atoms with Crippen molar-refractivity contribution in [2.24, 2.45) is 0 Å². The molecule has 0 heterocycles. The van der Waals surface area contributed by atoms with E-state index in [1.54, 1.807) is 32.9 Å². The van der Waals surface area contributed by atoms with Crippen LogP contribution in [0.3, 0.4) is 0 Å². The van der Waals surface area contributed by atoms with Gasteiger partial charge in [-0.2, -0.15) is 0 Å². The highest BCUT2D eigenvalue weighted by Gasteiger charge is 2.25. The first kappa shape index (κ1) is 26.9. The van der Waals surface area contributed by atoms with Gasteiger partial charge in [0, 0.05) is 6.42 Å². The SMILES string of the molecule is CC(C)(C)OC(=O)NC(Cc1cc(I)c(Oc2cc(I)c(O)c(I)c2)c(I)c1)C(=O)O. The molecule has 7 nitrogen and oxygen atoms in total. The number of carboxylic acid groups (broad SMARTS) is 1. The number of nitrogens with one attached hydrogen (secondary N) is 1. The molecule has 168 valence electrons. The summed E-state index contributed by atoms with van der Waals surface area (Å²) in [6.07, 6.45) is -0.684. The van der Waals surface area contributed by atoms with Gasteiger partial charge in [0.25, 0.3) is 0 Å². The van der Waals surface area contributed by atoms with E-state index < -0.39 is 23.7 Å². The number of phenolic OH excluding ortho intramolecular Hbond substituents is 1. The number of benzene rings is 2. The van der Waals surface area contributed by atoms with Crippen LogP contribution in [0.4, 0.5) is 4.79 Å². The Balaban J connectivity index is 2.22. The van der Waals surface area contributed by atoms with Gasteiger partial charge in [-0.05, 0) is 141 Å². The van der Waals surface area contributed by atoms with Gasteiger partial charge in [-0.1, -0.05) is 0 Å². The van der Waals surface area contributed by atoms with Gasteiger partial charge in [0.05, 0.1) is 14.3 Å². The Labute approximate surface area is 234 Å². The molecule has 31 heavy (non-hydrogen) atoms. The maximum absolute atomic E-state index is 12.0. The first-order chi connectivity index (χ1) is 14.3. The highest BCUT2D eigenvalue weighted by molar-refractivity contribution is 14.1. The Morgan fingerprint density at radius 1 is 1.00 bits per heavy atom. The van der Waals surface area contributed by atoms with Gasteiger partial charge in [0.2, 0.25) is 0 Å². The molecule has 0 spiro atoms. The third kappa shape index (κ3) is 8.21. The van der Waals surface area contributed by atoms with Crippen LogP contribution in [-0.2, 0) is 16.0 Å². The van der Waals surface area contributed by atoms with Crippen LogP contribution in [-0.4, -0.2) is 33.9 Å². The van der Waals surface area contributed by atoms with Crippen molar-refractivity contribution in [3.63, 3.8) is 0 Å². The number of alkyl carbamates (subject to hydrolysis) is 1. The molecule has 11 heteroatoms. The van der Waals surface area contributed by atoms with E-state index in [4.69, 9.17) is 9.47 Å². The molecule has 0 fully saturated rings. The zero-order valence-electron chi connectivity index (χ0n) is 16.6. The molecule has 2 aromatic rings. The minimum absolute atomic E-state index is 0.0931. The predicted molar refractivity (Wildman–Crippen MR) is 150 cm³/mol. The summed E-state index contributed by atoms with van der Waals surface area (Å²) in [5, 5.41) is 21.9. The highest BCUT2D eigenvalue weighted by atomic mass is 127. The van der Waals surface area contributed by atoms with Crippen molar-refractivity contribution in [2.45, 2.75) is 38.8 Å². The van der Waals surface area contributed by atoms with E-state index in [1.807, 2.05) is 57.3 Å². The van der Waals surface area contributed by atoms with Crippen LogP contribution >= 0.6 is 90.4 Å². The third-order valence-corrected chi connectivity index (χ3v) is 6.94. The predicted octanol–water partition coefficient (Wildman–Crippen LogP) is 6.12. The molecule has 0 aromatic heterocycles. The van der Waals surface area contributed by atoms with Crippen LogP contribution in [0.15, 0.2) is 24.3 Å². The quantitative estimate of drug-likeness (QED) is 0.303. The molecule has 1 amide bonds. The number of aromatic hydroxyl groups is 1. The van der Waals surface area contributed by atoms with Crippen molar-refractivity contribution in [2.75, 3.05) is 0 Å². The first-order valence-electron chi connectivity index (χ1n) is 8.83. The van der Waals surface area contributed by atoms with Crippen LogP contribution in [0, 0.1) is 14.3 Å². The second-order valence-electron chi connectivity index (χ2n) is 7.47. The zero-order chi connectivity index (χ0) is 23.5. The standard InChI is InChI=1S/C20H19I4NO6/c1-20(2,3)31-19(29)25-15(18(27)28)6-9-4-13(23)17(14(24)5-9)30-10-7-11(21)16(26)12(22)8-10/h4-5,7-8,15,26H,6H2,1-3H3,(H,25,29)(H,27,28). The van der Waals surface area contributed by atoms with Crippen LogP contribution in [0.1, 0.15) is 26.3 Å². The van der Waals surface area contributed by atoms with Crippen molar-refractivity contribution in [3.8, 4) is 17.2 Å². The summed E-state index contributed by atoms with van der Waals surface area (Å²) in [5.41, 5.74) is 0.0141. The molecular weight excluding hydrogens is 858 g/mol. The van der Waals surface area contributed by atoms with Gasteiger partial charge in [-0.15, -0.1) is 0 Å². The molecule has 1 unspecified atom stereocenters. The van der Waals surface area contributed by atoms with Crippen molar-refractivity contribution in [1.29, 1.82) is 0 Å². The van der Waals surface area contributed by atoms with Gasteiger partial charge in [0.15, 0.2) is 5.75 Å². The summed E-state index contributed by atoms with van der Waals surface area (Å²) < 4.78 is 14.1. The number of carbonyl (C=O) groups excluding carboxylic acids is 1. The van der Waals surface area contributed by atoms with Gasteiger partial charge in [0.1, 0.15) is 23.1 Å². The lowest BCUT2D eigenvalue weighted by Gasteiger charge is -2.22. The van der Waals surface area contributed by atoms with Crippen LogP contribution in [0.2, 0.25) is 0 Å². The highest BCUT2D eigenvalue weighted by Crippen LogP contribution is 2.37. The summed E-state index contributed by atoms with van der Waals surface area (Å²) >= 11 is 8.33. The number of halogens is 4. The van der Waals surface area contributed by atoms with Crippen molar-refractivity contribution >= 4 is 102 Å². The number of aliphatic carboxylic acids is 1. The van der Waals surface area contributed by atoms with Crippen molar-refractivity contribution in [3.05, 3.63) is 44.1 Å². The normalized spacial score (nSPS) is 12.2. The van der Waals surface area contributed by atoms with Gasteiger partial charge in [-0.3, -0.25) is 0 Å². The molecule has 2 aromatic carbocycles. The molecule has 0 saturated heterocycles. The van der Waals surface area contributed by atoms with Gasteiger partial charge < -0.3 is 25.0 Å². The second-order valence-corrected chi connectivity index (χ2v) is 12.1. The maximum Gasteiger partial charge on any atom is 0.408 e. The van der Waals surface area contributed by atoms with E-state index in [2.05, 4.69) is 50.5 Å². The number of amides is 1. The Kier molecular flexibility index (Phi) is 9.75. The molecule has 0 aliphatic heterocycles. The summed E-state index contributed by atoms with van der Waals surface area (Å²) in [5.74, 6) is 0.286. The number of phenols is 1. The lowest BCUT2D eigenvalue weighted by molar-refractivity contribution is -0.139. The average molecular weight is 877 g/mol. The molecule has 3 N–H and O–H groups in total. The van der Waals surface area contributed by atoms with E-state index in [9.17, 15) is 19.8 Å². The minimum Gasteiger partial charge on any atom is -0.506 e. The summed E-state index contributed by atoms with van der Waals surface area (Å²) in [7, 11) is 0. The smallest absolute Gasteiger partial charge is 0.408 e. The minimum atomic E-state index is -1.15. The van der Waals surface area contributed by atoms with Crippen LogP contribution < -0.4 is 10.1 Å². The third-order valence-electron chi connectivity index (χ3n) is 3.70. The monoisotopic (exact) mass is 877 g/mol. The summed E-state index contributed by atoms with van der Waals surface area (Å²) in [6, 6.07) is 5.99. The van der Waals surface area contributed by atoms with Crippen LogP contribution in [0.5, 0.6) is 17.2 Å². The van der Waals surface area contributed by atoms with E-state index in [-0.39, 0.29) is 12.2 Å². The Morgan fingerprint density at radius 3 is 1.97 bits per heavy atom. The fourth-order valence-corrected chi connectivity index (χ4v) is 6.26. The van der Waals surface area contributed by atoms with Crippen molar-refractivity contribution < 1.29 is 29.3 Å². The first-order valence-corrected chi connectivity index (χ1v) is 13.1. The average Bonchev–Trinajstić information content (AvgIpc) is 2.60. The number of carbonyl (C=O) groups is 2. The Hall–Kier alpha value is -0.300. The topological polar surface area (TPSA) is 105 Å². The Bertz CT molecular complexity index is 960. The number of hydrogen-bond donors (Lipinski definition) is 3. The molecule has 1 atom stereocenters. The molecule has 0 aliphatic carbocycles. The molecule has 0 radical (unpaired) electrons. The fraction of sp³-hybridized carbons (Fsp3) is 0.300. The molecular formula is C20H19I4NO6. The lowest BCUT2D eigenvalue weighted by atomic mass is 10.1. The van der Waals surface area contributed by atoms with E-state index in [0.29, 0.717) is 18.6 Å². The summed E-state index contributed by atoms with van der Waals surface area (Å²) in [4.78, 5) is 23.6. The largest absolute Gasteiger partial charge is 0.506 e. The number of hydrogen-bond acceptors (Lipinski definition) is 5. The number of rotatable bonds is 6. The van der Waals surface area contributed by atoms with E-state index in [1.165, 1.54) is 0 Å².